The number of rotatable bonds is 6. The molecule has 1 aliphatic heterocycles. The smallest absolute Gasteiger partial charge is 0.266 e. The first-order chi connectivity index (χ1) is 14.5. The average Bonchev–Trinajstić information content (AvgIpc) is 3.35. The summed E-state index contributed by atoms with van der Waals surface area (Å²) >= 11 is 1.30. The fourth-order valence-corrected chi connectivity index (χ4v) is 4.22. The second-order valence-corrected chi connectivity index (χ2v) is 8.21. The summed E-state index contributed by atoms with van der Waals surface area (Å²) in [4.78, 5) is 26.8. The number of benzene rings is 2. The average molecular weight is 423 g/mol. The SMILES string of the molecule is Cc1ccccc1N1CC(c2nnc(NC(=O)C(C)Oc3ccccc3)s2)CC1=O. The highest BCUT2D eigenvalue weighted by molar-refractivity contribution is 7.15. The van der Waals surface area contributed by atoms with Crippen molar-refractivity contribution < 1.29 is 14.3 Å². The van der Waals surface area contributed by atoms with Crippen LogP contribution in [0, 0.1) is 6.92 Å². The van der Waals surface area contributed by atoms with Crippen molar-refractivity contribution in [2.24, 2.45) is 0 Å². The number of para-hydroxylation sites is 2. The van der Waals surface area contributed by atoms with Gasteiger partial charge in [0.2, 0.25) is 11.0 Å². The highest BCUT2D eigenvalue weighted by atomic mass is 32.1. The Bertz CT molecular complexity index is 1050. The fraction of sp³-hybridized carbons (Fsp3) is 0.273. The van der Waals surface area contributed by atoms with Gasteiger partial charge in [0.05, 0.1) is 0 Å². The number of aromatic nitrogens is 2. The second kappa shape index (κ2) is 8.62. The van der Waals surface area contributed by atoms with Crippen LogP contribution in [-0.4, -0.2) is 34.7 Å². The summed E-state index contributed by atoms with van der Waals surface area (Å²) in [6.07, 6.45) is -0.297. The summed E-state index contributed by atoms with van der Waals surface area (Å²) in [6.45, 7) is 4.23. The topological polar surface area (TPSA) is 84.4 Å². The van der Waals surface area contributed by atoms with Crippen molar-refractivity contribution in [3.63, 3.8) is 0 Å². The third-order valence-corrected chi connectivity index (χ3v) is 5.98. The molecule has 1 aromatic heterocycles. The number of carbonyl (C=O) groups excluding carboxylic acids is 2. The van der Waals surface area contributed by atoms with Gasteiger partial charge in [-0.2, -0.15) is 0 Å². The normalized spacial score (nSPS) is 17.1. The van der Waals surface area contributed by atoms with Crippen LogP contribution in [0.2, 0.25) is 0 Å². The lowest BCUT2D eigenvalue weighted by atomic mass is 10.1. The van der Waals surface area contributed by atoms with Crippen LogP contribution >= 0.6 is 11.3 Å². The summed E-state index contributed by atoms with van der Waals surface area (Å²) in [5.41, 5.74) is 1.99. The van der Waals surface area contributed by atoms with Gasteiger partial charge in [0.15, 0.2) is 6.10 Å². The Morgan fingerprint density at radius 1 is 1.17 bits per heavy atom. The zero-order valence-electron chi connectivity index (χ0n) is 16.7. The van der Waals surface area contributed by atoms with Gasteiger partial charge in [0, 0.05) is 24.6 Å². The van der Waals surface area contributed by atoms with Crippen molar-refractivity contribution in [1.29, 1.82) is 0 Å². The Labute approximate surface area is 178 Å². The molecule has 1 N–H and O–H groups in total. The van der Waals surface area contributed by atoms with Gasteiger partial charge < -0.3 is 9.64 Å². The molecule has 0 saturated carbocycles. The maximum Gasteiger partial charge on any atom is 0.266 e. The Kier molecular flexibility index (Phi) is 5.76. The molecule has 2 aromatic carbocycles. The fourth-order valence-electron chi connectivity index (χ4n) is 3.39. The molecule has 7 nitrogen and oxygen atoms in total. The minimum atomic E-state index is -0.677. The van der Waals surface area contributed by atoms with E-state index >= 15 is 0 Å². The van der Waals surface area contributed by atoms with Gasteiger partial charge in [-0.1, -0.05) is 47.7 Å². The van der Waals surface area contributed by atoms with Gasteiger partial charge in [0.25, 0.3) is 5.91 Å². The number of aryl methyl sites for hydroxylation is 1. The van der Waals surface area contributed by atoms with E-state index in [1.165, 1.54) is 11.3 Å². The number of hydrogen-bond acceptors (Lipinski definition) is 6. The van der Waals surface area contributed by atoms with Crippen molar-refractivity contribution in [2.75, 3.05) is 16.8 Å². The molecule has 2 atom stereocenters. The summed E-state index contributed by atoms with van der Waals surface area (Å²) in [5, 5.41) is 12.2. The standard InChI is InChI=1S/C22H22N4O3S/c1-14-8-6-7-11-18(14)26-13-16(12-19(26)27)21-24-25-22(30-21)23-20(28)15(2)29-17-9-4-3-5-10-17/h3-11,15-16H,12-13H2,1-2H3,(H,23,25,28). The van der Waals surface area contributed by atoms with Crippen molar-refractivity contribution in [3.05, 3.63) is 65.2 Å². The van der Waals surface area contributed by atoms with E-state index in [0.29, 0.717) is 23.8 Å². The van der Waals surface area contributed by atoms with Gasteiger partial charge in [0.1, 0.15) is 10.8 Å². The number of ether oxygens (including phenoxy) is 1. The van der Waals surface area contributed by atoms with Crippen LogP contribution in [0.25, 0.3) is 0 Å². The quantitative estimate of drug-likeness (QED) is 0.654. The van der Waals surface area contributed by atoms with Gasteiger partial charge in [-0.25, -0.2) is 0 Å². The number of hydrogen-bond donors (Lipinski definition) is 1. The Hall–Kier alpha value is -3.26. The Morgan fingerprint density at radius 3 is 2.67 bits per heavy atom. The molecular weight excluding hydrogens is 400 g/mol. The van der Waals surface area contributed by atoms with E-state index in [9.17, 15) is 9.59 Å². The van der Waals surface area contributed by atoms with Crippen LogP contribution < -0.4 is 15.0 Å². The van der Waals surface area contributed by atoms with Crippen molar-refractivity contribution in [2.45, 2.75) is 32.3 Å². The largest absolute Gasteiger partial charge is 0.481 e. The van der Waals surface area contributed by atoms with E-state index in [1.807, 2.05) is 49.4 Å². The third-order valence-electron chi connectivity index (χ3n) is 4.98. The zero-order chi connectivity index (χ0) is 21.1. The highest BCUT2D eigenvalue weighted by Gasteiger charge is 2.34. The van der Waals surface area contributed by atoms with Crippen LogP contribution in [0.3, 0.4) is 0 Å². The number of nitrogens with zero attached hydrogens (tertiary/aromatic N) is 3. The predicted octanol–water partition coefficient (Wildman–Crippen LogP) is 3.77. The number of nitrogens with one attached hydrogen (secondary N) is 1. The van der Waals surface area contributed by atoms with Crippen LogP contribution in [0.5, 0.6) is 5.75 Å². The molecule has 0 spiro atoms. The lowest BCUT2D eigenvalue weighted by Gasteiger charge is -2.18. The number of amides is 2. The number of carbonyl (C=O) groups is 2. The Morgan fingerprint density at radius 2 is 1.90 bits per heavy atom. The molecule has 2 unspecified atom stereocenters. The van der Waals surface area contributed by atoms with Crippen LogP contribution in [0.15, 0.2) is 54.6 Å². The molecular formula is C22H22N4O3S. The molecule has 0 radical (unpaired) electrons. The maximum atomic E-state index is 12.6. The first kappa shape index (κ1) is 20.0. The van der Waals surface area contributed by atoms with Crippen molar-refractivity contribution in [3.8, 4) is 5.75 Å². The van der Waals surface area contributed by atoms with Crippen LogP contribution in [0.1, 0.15) is 29.8 Å². The van der Waals surface area contributed by atoms with Gasteiger partial charge in [-0.3, -0.25) is 14.9 Å². The molecule has 154 valence electrons. The summed E-state index contributed by atoms with van der Waals surface area (Å²) in [6, 6.07) is 17.0. The van der Waals surface area contributed by atoms with E-state index in [0.717, 1.165) is 16.3 Å². The monoisotopic (exact) mass is 422 g/mol. The minimum Gasteiger partial charge on any atom is -0.481 e. The van der Waals surface area contributed by atoms with E-state index < -0.39 is 6.10 Å². The van der Waals surface area contributed by atoms with Gasteiger partial charge in [-0.15, -0.1) is 10.2 Å². The molecule has 8 heteroatoms. The molecule has 0 bridgehead atoms. The van der Waals surface area contributed by atoms with Crippen LogP contribution in [0.4, 0.5) is 10.8 Å². The number of anilines is 2. The minimum absolute atomic E-state index is 0.0433. The highest BCUT2D eigenvalue weighted by Crippen LogP contribution is 2.35. The molecule has 3 aromatic rings. The molecule has 1 aliphatic rings. The lowest BCUT2D eigenvalue weighted by molar-refractivity contribution is -0.122. The first-order valence-electron chi connectivity index (χ1n) is 9.73. The van der Waals surface area contributed by atoms with Crippen molar-refractivity contribution in [1.82, 2.24) is 10.2 Å². The third kappa shape index (κ3) is 4.33. The molecule has 0 aliphatic carbocycles. The van der Waals surface area contributed by atoms with Gasteiger partial charge >= 0.3 is 0 Å². The summed E-state index contributed by atoms with van der Waals surface area (Å²) < 4.78 is 5.64. The van der Waals surface area contributed by atoms with E-state index in [4.69, 9.17) is 4.74 Å². The zero-order valence-corrected chi connectivity index (χ0v) is 17.6. The second-order valence-electron chi connectivity index (χ2n) is 7.20. The lowest BCUT2D eigenvalue weighted by Crippen LogP contribution is -2.30. The van der Waals surface area contributed by atoms with Crippen molar-refractivity contribution >= 4 is 34.0 Å². The van der Waals surface area contributed by atoms with E-state index in [1.54, 1.807) is 24.0 Å². The summed E-state index contributed by atoms with van der Waals surface area (Å²) in [7, 11) is 0. The first-order valence-corrected chi connectivity index (χ1v) is 10.5. The Balaban J connectivity index is 1.39. The van der Waals surface area contributed by atoms with Gasteiger partial charge in [-0.05, 0) is 37.6 Å². The van der Waals surface area contributed by atoms with Crippen LogP contribution in [-0.2, 0) is 9.59 Å². The molecule has 30 heavy (non-hydrogen) atoms. The molecule has 1 saturated heterocycles. The molecule has 1 fully saturated rings. The predicted molar refractivity (Wildman–Crippen MR) is 116 cm³/mol. The molecule has 4 rings (SSSR count). The maximum absolute atomic E-state index is 12.6. The van der Waals surface area contributed by atoms with E-state index in [-0.39, 0.29) is 17.7 Å². The molecule has 2 amide bonds. The van der Waals surface area contributed by atoms with E-state index in [2.05, 4.69) is 15.5 Å². The summed E-state index contributed by atoms with van der Waals surface area (Å²) in [5.74, 6) is 0.350. The molecule has 2 heterocycles.